The van der Waals surface area contributed by atoms with Crippen molar-refractivity contribution in [3.63, 3.8) is 0 Å². The van der Waals surface area contributed by atoms with Gasteiger partial charge in [-0.3, -0.25) is 14.4 Å². The number of amides is 3. The van der Waals surface area contributed by atoms with Crippen LogP contribution >= 0.6 is 23.2 Å². The van der Waals surface area contributed by atoms with Crippen molar-refractivity contribution in [3.05, 3.63) is 75.8 Å². The summed E-state index contributed by atoms with van der Waals surface area (Å²) in [6.07, 6.45) is 6.44. The van der Waals surface area contributed by atoms with Crippen LogP contribution < -0.4 is 10.2 Å². The largest absolute Gasteiger partial charge is 0.352 e. The maximum atomic E-state index is 13.8. The first kappa shape index (κ1) is 28.4. The van der Waals surface area contributed by atoms with Crippen LogP contribution in [0.3, 0.4) is 0 Å². The molecule has 0 radical (unpaired) electrons. The van der Waals surface area contributed by atoms with Gasteiger partial charge in [-0.15, -0.1) is 0 Å². The zero-order chi connectivity index (χ0) is 28.2. The van der Waals surface area contributed by atoms with Crippen LogP contribution in [0.25, 0.3) is 10.8 Å². The second kappa shape index (κ2) is 12.6. The lowest BCUT2D eigenvalue weighted by Crippen LogP contribution is -2.51. The fourth-order valence-corrected chi connectivity index (χ4v) is 6.57. The van der Waals surface area contributed by atoms with E-state index in [-0.39, 0.29) is 36.7 Å². The molecule has 0 unspecified atom stereocenters. The molecule has 3 aromatic rings. The summed E-state index contributed by atoms with van der Waals surface area (Å²) in [7, 11) is 0. The van der Waals surface area contributed by atoms with E-state index in [1.54, 1.807) is 28.0 Å². The number of carbonyl (C=O) groups is 3. The molecule has 210 valence electrons. The van der Waals surface area contributed by atoms with E-state index in [9.17, 15) is 14.4 Å². The standard InChI is InChI=1S/C32H35Cl2N3O3/c1-2-27(31(39)35-22-12-4-3-5-13-22)37(20-24-25(33)15-8-16-26(24)34)29(38)18-9-19-36-28-17-7-11-21-10-6-14-23(30(21)28)32(36)40/h6-8,10-11,14-17,22,27H,2-5,9,12-13,18-20H2,1H3,(H,35,39)/t27-/m1/s1. The van der Waals surface area contributed by atoms with Gasteiger partial charge in [-0.2, -0.15) is 0 Å². The van der Waals surface area contributed by atoms with Gasteiger partial charge in [0.25, 0.3) is 5.91 Å². The first-order chi connectivity index (χ1) is 19.4. The van der Waals surface area contributed by atoms with E-state index >= 15 is 0 Å². The molecule has 2 aliphatic rings. The molecule has 1 fully saturated rings. The number of carbonyl (C=O) groups excluding carboxylic acids is 3. The van der Waals surface area contributed by atoms with Crippen LogP contribution in [-0.2, 0) is 16.1 Å². The summed E-state index contributed by atoms with van der Waals surface area (Å²) >= 11 is 13.0. The zero-order valence-electron chi connectivity index (χ0n) is 22.8. The van der Waals surface area contributed by atoms with Crippen molar-refractivity contribution >= 4 is 57.4 Å². The Hall–Kier alpha value is -3.09. The van der Waals surface area contributed by atoms with E-state index in [2.05, 4.69) is 5.32 Å². The maximum Gasteiger partial charge on any atom is 0.258 e. The van der Waals surface area contributed by atoms with E-state index in [0.717, 1.165) is 42.1 Å². The number of anilines is 1. The molecule has 1 aliphatic carbocycles. The molecule has 3 aromatic carbocycles. The summed E-state index contributed by atoms with van der Waals surface area (Å²) in [6.45, 7) is 2.46. The molecule has 1 heterocycles. The van der Waals surface area contributed by atoms with Crippen LogP contribution in [0.5, 0.6) is 0 Å². The highest BCUT2D eigenvalue weighted by Gasteiger charge is 2.32. The van der Waals surface area contributed by atoms with Crippen molar-refractivity contribution in [2.24, 2.45) is 0 Å². The van der Waals surface area contributed by atoms with Crippen LogP contribution in [0, 0.1) is 0 Å². The third kappa shape index (κ3) is 5.84. The monoisotopic (exact) mass is 579 g/mol. The molecule has 0 bridgehead atoms. The number of halogens is 2. The quantitative estimate of drug-likeness (QED) is 0.277. The van der Waals surface area contributed by atoms with Gasteiger partial charge in [0.1, 0.15) is 6.04 Å². The molecule has 8 heteroatoms. The minimum atomic E-state index is -0.645. The van der Waals surface area contributed by atoms with Gasteiger partial charge < -0.3 is 15.1 Å². The van der Waals surface area contributed by atoms with Crippen molar-refractivity contribution in [3.8, 4) is 0 Å². The lowest BCUT2D eigenvalue weighted by Gasteiger charge is -2.33. The smallest absolute Gasteiger partial charge is 0.258 e. The molecular formula is C32H35Cl2N3O3. The van der Waals surface area contributed by atoms with Crippen LogP contribution in [0.4, 0.5) is 5.69 Å². The van der Waals surface area contributed by atoms with Crippen LogP contribution in [0.15, 0.2) is 54.6 Å². The Balaban J connectivity index is 1.32. The summed E-state index contributed by atoms with van der Waals surface area (Å²) in [5, 5.41) is 6.10. The number of hydrogen-bond acceptors (Lipinski definition) is 3. The summed E-state index contributed by atoms with van der Waals surface area (Å²) < 4.78 is 0. The van der Waals surface area contributed by atoms with Crippen molar-refractivity contribution in [2.75, 3.05) is 11.4 Å². The number of rotatable bonds is 10. The number of hydrogen-bond donors (Lipinski definition) is 1. The Morgan fingerprint density at radius 2 is 1.68 bits per heavy atom. The Morgan fingerprint density at radius 3 is 2.38 bits per heavy atom. The molecule has 0 aromatic heterocycles. The second-order valence-corrected chi connectivity index (χ2v) is 11.5. The van der Waals surface area contributed by atoms with Gasteiger partial charge in [-0.1, -0.05) is 79.7 Å². The molecule has 3 amide bonds. The first-order valence-electron chi connectivity index (χ1n) is 14.3. The third-order valence-corrected chi connectivity index (χ3v) is 8.86. The van der Waals surface area contributed by atoms with E-state index in [1.165, 1.54) is 6.42 Å². The lowest BCUT2D eigenvalue weighted by molar-refractivity contribution is -0.141. The van der Waals surface area contributed by atoms with Gasteiger partial charge in [-0.25, -0.2) is 0 Å². The van der Waals surface area contributed by atoms with Gasteiger partial charge in [0.2, 0.25) is 11.8 Å². The number of nitrogens with one attached hydrogen (secondary N) is 1. The molecule has 1 N–H and O–H groups in total. The normalized spacial score (nSPS) is 15.9. The SMILES string of the molecule is CC[C@H](C(=O)NC1CCCCC1)N(Cc1c(Cl)cccc1Cl)C(=O)CCCN1C(=O)c2cccc3cccc1c23. The fourth-order valence-electron chi connectivity index (χ4n) is 6.05. The Kier molecular flexibility index (Phi) is 8.97. The van der Waals surface area contributed by atoms with Gasteiger partial charge >= 0.3 is 0 Å². The predicted octanol–water partition coefficient (Wildman–Crippen LogP) is 7.14. The number of benzene rings is 3. The fraction of sp³-hybridized carbons (Fsp3) is 0.406. The first-order valence-corrected chi connectivity index (χ1v) is 15.0. The van der Waals surface area contributed by atoms with Crippen molar-refractivity contribution in [2.45, 2.75) is 76.9 Å². The van der Waals surface area contributed by atoms with Crippen molar-refractivity contribution in [1.29, 1.82) is 0 Å². The van der Waals surface area contributed by atoms with Crippen LogP contribution in [0.1, 0.15) is 74.2 Å². The molecule has 1 atom stereocenters. The maximum absolute atomic E-state index is 13.8. The summed E-state index contributed by atoms with van der Waals surface area (Å²) in [5.41, 5.74) is 2.20. The third-order valence-electron chi connectivity index (χ3n) is 8.15. The second-order valence-electron chi connectivity index (χ2n) is 10.7. The topological polar surface area (TPSA) is 69.7 Å². The summed E-state index contributed by atoms with van der Waals surface area (Å²) in [5.74, 6) is -0.343. The molecule has 0 saturated heterocycles. The zero-order valence-corrected chi connectivity index (χ0v) is 24.3. The lowest BCUT2D eigenvalue weighted by atomic mass is 9.95. The minimum absolute atomic E-state index is 0.0442. The van der Waals surface area contributed by atoms with Crippen LogP contribution in [0.2, 0.25) is 10.0 Å². The molecule has 1 aliphatic heterocycles. The van der Waals surface area contributed by atoms with Crippen LogP contribution in [-0.4, -0.2) is 41.2 Å². The van der Waals surface area contributed by atoms with Crippen molar-refractivity contribution < 1.29 is 14.4 Å². The highest BCUT2D eigenvalue weighted by atomic mass is 35.5. The predicted molar refractivity (Wildman–Crippen MR) is 161 cm³/mol. The summed E-state index contributed by atoms with van der Waals surface area (Å²) in [6, 6.07) is 16.4. The molecule has 5 rings (SSSR count). The molecule has 1 saturated carbocycles. The van der Waals surface area contributed by atoms with E-state index < -0.39 is 6.04 Å². The Labute approximate surface area is 245 Å². The highest BCUT2D eigenvalue weighted by molar-refractivity contribution is 6.36. The molecule has 6 nitrogen and oxygen atoms in total. The molecule has 40 heavy (non-hydrogen) atoms. The van der Waals surface area contributed by atoms with E-state index in [4.69, 9.17) is 23.2 Å². The van der Waals surface area contributed by atoms with E-state index in [1.807, 2.05) is 43.3 Å². The molecular weight excluding hydrogens is 545 g/mol. The van der Waals surface area contributed by atoms with Gasteiger partial charge in [0, 0.05) is 52.1 Å². The van der Waals surface area contributed by atoms with Gasteiger partial charge in [0.15, 0.2) is 0 Å². The van der Waals surface area contributed by atoms with Crippen molar-refractivity contribution in [1.82, 2.24) is 10.2 Å². The van der Waals surface area contributed by atoms with E-state index in [0.29, 0.717) is 40.6 Å². The molecule has 0 spiro atoms. The number of nitrogens with zero attached hydrogens (tertiary/aromatic N) is 2. The minimum Gasteiger partial charge on any atom is -0.352 e. The average molecular weight is 581 g/mol. The summed E-state index contributed by atoms with van der Waals surface area (Å²) in [4.78, 5) is 43.8. The Morgan fingerprint density at radius 1 is 1.00 bits per heavy atom. The highest BCUT2D eigenvalue weighted by Crippen LogP contribution is 2.37. The Bertz CT molecular complexity index is 1390. The van der Waals surface area contributed by atoms with Gasteiger partial charge in [0.05, 0.1) is 5.69 Å². The average Bonchev–Trinajstić information content (AvgIpc) is 3.23. The van der Waals surface area contributed by atoms with Gasteiger partial charge in [-0.05, 0) is 55.3 Å².